The maximum Gasteiger partial charge on any atom is 0.254 e. The Kier molecular flexibility index (Phi) is 2.92. The molecule has 0 atom stereocenters. The number of carbonyl (C=O) groups is 1. The molecule has 0 radical (unpaired) electrons. The van der Waals surface area contributed by atoms with E-state index < -0.39 is 5.91 Å². The fourth-order valence-corrected chi connectivity index (χ4v) is 1.97. The Balaban J connectivity index is 1.90. The highest BCUT2D eigenvalue weighted by atomic mass is 16.1. The maximum atomic E-state index is 11.5. The zero-order chi connectivity index (χ0) is 13.2. The van der Waals surface area contributed by atoms with Crippen LogP contribution in [0.25, 0.3) is 0 Å². The predicted molar refractivity (Wildman–Crippen MR) is 72.4 cm³/mol. The second kappa shape index (κ2) is 4.74. The molecule has 1 fully saturated rings. The Morgan fingerprint density at radius 3 is 2.68 bits per heavy atom. The third-order valence-electron chi connectivity index (χ3n) is 3.17. The summed E-state index contributed by atoms with van der Waals surface area (Å²) in [4.78, 5) is 11.5. The minimum Gasteiger partial charge on any atom is -0.365 e. The molecule has 0 aliphatic carbocycles. The molecule has 2 heterocycles. The van der Waals surface area contributed by atoms with E-state index in [1.165, 1.54) is 0 Å². The zero-order valence-electron chi connectivity index (χ0n) is 10.3. The third kappa shape index (κ3) is 2.30. The molecule has 6 heteroatoms. The molecule has 1 aliphatic rings. The first kappa shape index (κ1) is 11.7. The number of anilines is 2. The summed E-state index contributed by atoms with van der Waals surface area (Å²) < 4.78 is 1.79. The van der Waals surface area contributed by atoms with Crippen molar-refractivity contribution in [3.05, 3.63) is 42.1 Å². The molecule has 1 aromatic heterocycles. The number of carbonyl (C=O) groups excluding carboxylic acids is 1. The van der Waals surface area contributed by atoms with Gasteiger partial charge in [0.05, 0.1) is 6.04 Å². The van der Waals surface area contributed by atoms with Gasteiger partial charge in [0.15, 0.2) is 5.82 Å². The molecule has 0 bridgehead atoms. The Bertz CT molecular complexity index is 588. The molecule has 3 rings (SSSR count). The van der Waals surface area contributed by atoms with Gasteiger partial charge in [0.2, 0.25) is 0 Å². The second-order valence-corrected chi connectivity index (χ2v) is 4.54. The fraction of sp³-hybridized carbons (Fsp3) is 0.231. The van der Waals surface area contributed by atoms with E-state index in [0.29, 0.717) is 17.4 Å². The minimum absolute atomic E-state index is 0.296. The molecule has 0 saturated carbocycles. The van der Waals surface area contributed by atoms with E-state index in [2.05, 4.69) is 15.7 Å². The van der Waals surface area contributed by atoms with Crippen molar-refractivity contribution in [1.82, 2.24) is 15.1 Å². The van der Waals surface area contributed by atoms with Crippen LogP contribution in [0.15, 0.2) is 36.5 Å². The largest absolute Gasteiger partial charge is 0.365 e. The van der Waals surface area contributed by atoms with Crippen LogP contribution in [0.5, 0.6) is 0 Å². The number of nitrogens with one attached hydrogen (secondary N) is 2. The van der Waals surface area contributed by atoms with Crippen LogP contribution in [-0.4, -0.2) is 28.8 Å². The Hall–Kier alpha value is -2.34. The quantitative estimate of drug-likeness (QED) is 0.758. The zero-order valence-corrected chi connectivity index (χ0v) is 10.3. The number of rotatable bonds is 4. The van der Waals surface area contributed by atoms with Crippen LogP contribution < -0.4 is 16.4 Å². The monoisotopic (exact) mass is 257 g/mol. The van der Waals surface area contributed by atoms with Crippen molar-refractivity contribution in [1.29, 1.82) is 0 Å². The Morgan fingerprint density at radius 1 is 1.37 bits per heavy atom. The molecule has 98 valence electrons. The highest BCUT2D eigenvalue weighted by molar-refractivity contribution is 5.98. The van der Waals surface area contributed by atoms with Crippen LogP contribution in [0.4, 0.5) is 11.5 Å². The predicted octanol–water partition coefficient (Wildman–Crippen LogP) is 0.870. The van der Waals surface area contributed by atoms with E-state index in [-0.39, 0.29) is 0 Å². The Labute approximate surface area is 110 Å². The Morgan fingerprint density at radius 2 is 2.11 bits per heavy atom. The van der Waals surface area contributed by atoms with Gasteiger partial charge in [-0.25, -0.2) is 0 Å². The molecule has 0 unspecified atom stereocenters. The summed E-state index contributed by atoms with van der Waals surface area (Å²) in [5, 5.41) is 10.7. The number of aromatic nitrogens is 2. The first-order valence-corrected chi connectivity index (χ1v) is 6.16. The second-order valence-electron chi connectivity index (χ2n) is 4.54. The van der Waals surface area contributed by atoms with Crippen molar-refractivity contribution in [3.63, 3.8) is 0 Å². The van der Waals surface area contributed by atoms with Crippen LogP contribution >= 0.6 is 0 Å². The van der Waals surface area contributed by atoms with Crippen LogP contribution in [-0.2, 0) is 0 Å². The number of primary amides is 1. The molecule has 1 aromatic carbocycles. The summed E-state index contributed by atoms with van der Waals surface area (Å²) in [6.07, 6.45) is 1.71. The standard InChI is InChI=1S/C13H15N5O/c14-12(19)11-8-18(10-6-15-7-10)17-13(11)16-9-4-2-1-3-5-9/h1-5,8,10,15H,6-7H2,(H2,14,19)(H,16,17). The van der Waals surface area contributed by atoms with Gasteiger partial charge in [-0.2, -0.15) is 5.10 Å². The molecular formula is C13H15N5O. The lowest BCUT2D eigenvalue weighted by molar-refractivity contribution is 0.100. The molecule has 19 heavy (non-hydrogen) atoms. The van der Waals surface area contributed by atoms with Crippen LogP contribution in [0, 0.1) is 0 Å². The number of nitrogens with zero attached hydrogens (tertiary/aromatic N) is 2. The topological polar surface area (TPSA) is 85.0 Å². The first-order valence-electron chi connectivity index (χ1n) is 6.16. The van der Waals surface area contributed by atoms with E-state index in [9.17, 15) is 4.79 Å². The van der Waals surface area contributed by atoms with Crippen molar-refractivity contribution in [2.75, 3.05) is 18.4 Å². The molecule has 6 nitrogen and oxygen atoms in total. The molecular weight excluding hydrogens is 242 g/mol. The van der Waals surface area contributed by atoms with Gasteiger partial charge in [0, 0.05) is 25.0 Å². The molecule has 1 amide bonds. The third-order valence-corrected chi connectivity index (χ3v) is 3.17. The van der Waals surface area contributed by atoms with Gasteiger partial charge in [0.1, 0.15) is 5.56 Å². The fourth-order valence-electron chi connectivity index (χ4n) is 1.97. The lowest BCUT2D eigenvalue weighted by Gasteiger charge is -2.27. The lowest BCUT2D eigenvalue weighted by atomic mass is 10.2. The summed E-state index contributed by atoms with van der Waals surface area (Å²) in [5.74, 6) is 0.0302. The molecule has 4 N–H and O–H groups in total. The van der Waals surface area contributed by atoms with Crippen molar-refractivity contribution in [2.45, 2.75) is 6.04 Å². The van der Waals surface area contributed by atoms with Gasteiger partial charge in [-0.05, 0) is 12.1 Å². The normalized spacial score (nSPS) is 14.9. The molecule has 1 aliphatic heterocycles. The van der Waals surface area contributed by atoms with Gasteiger partial charge in [-0.15, -0.1) is 0 Å². The molecule has 2 aromatic rings. The van der Waals surface area contributed by atoms with E-state index >= 15 is 0 Å². The van der Waals surface area contributed by atoms with E-state index in [1.807, 2.05) is 30.3 Å². The number of nitrogens with two attached hydrogens (primary N) is 1. The smallest absolute Gasteiger partial charge is 0.254 e. The number of hydrogen-bond acceptors (Lipinski definition) is 4. The first-order chi connectivity index (χ1) is 9.24. The SMILES string of the molecule is NC(=O)c1cn(C2CNC2)nc1Nc1ccccc1. The maximum absolute atomic E-state index is 11.5. The summed E-state index contributed by atoms with van der Waals surface area (Å²) in [7, 11) is 0. The molecule has 1 saturated heterocycles. The van der Waals surface area contributed by atoms with Crippen molar-refractivity contribution >= 4 is 17.4 Å². The van der Waals surface area contributed by atoms with Gasteiger partial charge < -0.3 is 16.4 Å². The number of amides is 1. The van der Waals surface area contributed by atoms with Crippen LogP contribution in [0.3, 0.4) is 0 Å². The van der Waals surface area contributed by atoms with E-state index in [4.69, 9.17) is 5.73 Å². The number of benzene rings is 1. The number of para-hydroxylation sites is 1. The van der Waals surface area contributed by atoms with Gasteiger partial charge in [-0.1, -0.05) is 18.2 Å². The summed E-state index contributed by atoms with van der Waals surface area (Å²) in [6, 6.07) is 9.88. The average Bonchev–Trinajstić information content (AvgIpc) is 2.72. The number of hydrogen-bond donors (Lipinski definition) is 3. The lowest BCUT2D eigenvalue weighted by Crippen LogP contribution is -2.43. The molecule has 0 spiro atoms. The van der Waals surface area contributed by atoms with Gasteiger partial charge in [0.25, 0.3) is 5.91 Å². The van der Waals surface area contributed by atoms with Crippen LogP contribution in [0.1, 0.15) is 16.4 Å². The van der Waals surface area contributed by atoms with E-state index in [0.717, 1.165) is 18.8 Å². The summed E-state index contributed by atoms with van der Waals surface area (Å²) in [6.45, 7) is 1.73. The van der Waals surface area contributed by atoms with Crippen molar-refractivity contribution in [3.8, 4) is 0 Å². The van der Waals surface area contributed by atoms with Crippen molar-refractivity contribution < 1.29 is 4.79 Å². The highest BCUT2D eigenvalue weighted by Gasteiger charge is 2.23. The summed E-state index contributed by atoms with van der Waals surface area (Å²) >= 11 is 0. The van der Waals surface area contributed by atoms with E-state index in [1.54, 1.807) is 10.9 Å². The van der Waals surface area contributed by atoms with Gasteiger partial charge >= 0.3 is 0 Å². The van der Waals surface area contributed by atoms with Crippen LogP contribution in [0.2, 0.25) is 0 Å². The minimum atomic E-state index is -0.475. The van der Waals surface area contributed by atoms with Crippen molar-refractivity contribution in [2.24, 2.45) is 5.73 Å². The average molecular weight is 257 g/mol. The summed E-state index contributed by atoms with van der Waals surface area (Å²) in [5.41, 5.74) is 6.68. The highest BCUT2D eigenvalue weighted by Crippen LogP contribution is 2.21. The van der Waals surface area contributed by atoms with Gasteiger partial charge in [-0.3, -0.25) is 9.48 Å².